The number of nitrogens with zero attached hydrogens (tertiary/aromatic N) is 3. The maximum Gasteiger partial charge on any atom is 0.205 e. The summed E-state index contributed by atoms with van der Waals surface area (Å²) >= 11 is 1.59. The molecule has 1 aromatic heterocycles. The number of benzene rings is 1. The van der Waals surface area contributed by atoms with Crippen molar-refractivity contribution in [3.05, 3.63) is 34.8 Å². The van der Waals surface area contributed by atoms with Gasteiger partial charge in [0.15, 0.2) is 6.61 Å². The molecule has 2 rings (SSSR count). The largest absolute Gasteiger partial charge is 0.479 e. The summed E-state index contributed by atoms with van der Waals surface area (Å²) in [6.07, 6.45) is 0.955. The molecule has 0 aliphatic carbocycles. The van der Waals surface area contributed by atoms with Gasteiger partial charge in [0.25, 0.3) is 0 Å². The number of ether oxygens (including phenoxy) is 1. The van der Waals surface area contributed by atoms with Crippen molar-refractivity contribution in [2.45, 2.75) is 26.8 Å². The van der Waals surface area contributed by atoms with E-state index >= 15 is 0 Å². The Labute approximate surface area is 128 Å². The second-order valence-electron chi connectivity index (χ2n) is 5.05. The number of aromatic nitrogens is 2. The summed E-state index contributed by atoms with van der Waals surface area (Å²) < 4.78 is 5.28. The molecule has 110 valence electrons. The smallest absolute Gasteiger partial charge is 0.205 e. The van der Waals surface area contributed by atoms with Crippen molar-refractivity contribution in [2.24, 2.45) is 5.92 Å². The fourth-order valence-corrected chi connectivity index (χ4v) is 2.74. The van der Waals surface area contributed by atoms with Crippen LogP contribution in [0.3, 0.4) is 0 Å². The minimum atomic E-state index is 0.0614. The molecule has 0 fully saturated rings. The molecule has 1 heterocycles. The van der Waals surface area contributed by atoms with Gasteiger partial charge in [-0.1, -0.05) is 37.3 Å². The van der Waals surface area contributed by atoms with Gasteiger partial charge in [0.05, 0.1) is 0 Å². The monoisotopic (exact) mass is 302 g/mol. The predicted molar refractivity (Wildman–Crippen MR) is 83.3 cm³/mol. The Hall–Kier alpha value is -2.13. The number of hydrogen-bond acceptors (Lipinski definition) is 6. The Bertz CT molecular complexity index is 618. The number of anilines is 1. The minimum Gasteiger partial charge on any atom is -0.479 e. The van der Waals surface area contributed by atoms with Crippen molar-refractivity contribution in [3.8, 4) is 11.8 Å². The first kappa shape index (κ1) is 15.3. The van der Waals surface area contributed by atoms with E-state index in [4.69, 9.17) is 10.00 Å². The third-order valence-corrected chi connectivity index (χ3v) is 3.60. The molecule has 0 radical (unpaired) electrons. The highest BCUT2D eigenvalue weighted by atomic mass is 32.1. The van der Waals surface area contributed by atoms with Gasteiger partial charge in [-0.15, -0.1) is 10.2 Å². The van der Waals surface area contributed by atoms with Crippen LogP contribution in [0.1, 0.15) is 24.4 Å². The van der Waals surface area contributed by atoms with Gasteiger partial charge < -0.3 is 10.1 Å². The van der Waals surface area contributed by atoms with E-state index in [1.54, 1.807) is 11.3 Å². The van der Waals surface area contributed by atoms with Crippen LogP contribution in [0.4, 0.5) is 5.13 Å². The fourth-order valence-electron chi connectivity index (χ4n) is 1.80. The van der Waals surface area contributed by atoms with Crippen molar-refractivity contribution >= 4 is 16.5 Å². The van der Waals surface area contributed by atoms with Crippen LogP contribution in [0.15, 0.2) is 24.3 Å². The van der Waals surface area contributed by atoms with E-state index in [1.807, 2.05) is 30.3 Å². The third kappa shape index (κ3) is 5.04. The Balaban J connectivity index is 1.90. The predicted octanol–water partition coefficient (Wildman–Crippen LogP) is 3.25. The van der Waals surface area contributed by atoms with Crippen LogP contribution in [0, 0.1) is 17.2 Å². The zero-order chi connectivity index (χ0) is 15.1. The Morgan fingerprint density at radius 1 is 1.38 bits per heavy atom. The molecule has 0 saturated heterocycles. The van der Waals surface area contributed by atoms with E-state index in [-0.39, 0.29) is 6.61 Å². The lowest BCUT2D eigenvalue weighted by atomic mass is 10.1. The maximum absolute atomic E-state index is 8.51. The first-order chi connectivity index (χ1) is 10.2. The summed E-state index contributed by atoms with van der Waals surface area (Å²) in [6.45, 7) is 5.05. The summed E-state index contributed by atoms with van der Waals surface area (Å²) in [5.74, 6) is 1.29. The molecule has 0 unspecified atom stereocenters. The van der Waals surface area contributed by atoms with Gasteiger partial charge in [-0.25, -0.2) is 0 Å². The van der Waals surface area contributed by atoms with E-state index in [0.717, 1.165) is 22.1 Å². The lowest BCUT2D eigenvalue weighted by Crippen LogP contribution is -2.00. The fraction of sp³-hybridized carbons (Fsp3) is 0.400. The molecule has 2 aromatic rings. The molecule has 0 aliphatic heterocycles. The highest BCUT2D eigenvalue weighted by molar-refractivity contribution is 7.15. The third-order valence-electron chi connectivity index (χ3n) is 2.70. The SMILES string of the molecule is CC(C)Cc1nnc(NCc2cccc(OCC#N)c2)s1. The average molecular weight is 302 g/mol. The standard InChI is InChI=1S/C15H18N4OS/c1-11(2)8-14-18-19-15(21-14)17-10-12-4-3-5-13(9-12)20-7-6-16/h3-5,9,11H,7-8,10H2,1-2H3,(H,17,19). The highest BCUT2D eigenvalue weighted by Crippen LogP contribution is 2.20. The second-order valence-corrected chi connectivity index (χ2v) is 6.11. The van der Waals surface area contributed by atoms with Crippen LogP contribution >= 0.6 is 11.3 Å². The van der Waals surface area contributed by atoms with Crippen molar-refractivity contribution in [1.82, 2.24) is 10.2 Å². The van der Waals surface area contributed by atoms with Crippen LogP contribution < -0.4 is 10.1 Å². The van der Waals surface area contributed by atoms with Crippen LogP contribution in [-0.4, -0.2) is 16.8 Å². The lowest BCUT2D eigenvalue weighted by molar-refractivity contribution is 0.368. The van der Waals surface area contributed by atoms with Gasteiger partial charge >= 0.3 is 0 Å². The molecule has 0 saturated carbocycles. The lowest BCUT2D eigenvalue weighted by Gasteiger charge is -2.05. The number of hydrogen-bond donors (Lipinski definition) is 1. The Kier molecular flexibility index (Phi) is 5.52. The molecular weight excluding hydrogens is 284 g/mol. The van der Waals surface area contributed by atoms with Gasteiger partial charge in [0.1, 0.15) is 16.8 Å². The van der Waals surface area contributed by atoms with Gasteiger partial charge in [-0.2, -0.15) is 5.26 Å². The van der Waals surface area contributed by atoms with Crippen LogP contribution in [-0.2, 0) is 13.0 Å². The van der Waals surface area contributed by atoms with Gasteiger partial charge in [0.2, 0.25) is 5.13 Å². The molecule has 5 nitrogen and oxygen atoms in total. The van der Waals surface area contributed by atoms with Gasteiger partial charge in [0, 0.05) is 13.0 Å². The maximum atomic E-state index is 8.51. The summed E-state index contributed by atoms with van der Waals surface area (Å²) in [6, 6.07) is 9.63. The van der Waals surface area contributed by atoms with E-state index in [9.17, 15) is 0 Å². The molecule has 0 atom stereocenters. The first-order valence-electron chi connectivity index (χ1n) is 6.82. The van der Waals surface area contributed by atoms with Crippen LogP contribution in [0.5, 0.6) is 5.75 Å². The molecule has 21 heavy (non-hydrogen) atoms. The zero-order valence-electron chi connectivity index (χ0n) is 12.2. The molecule has 1 aromatic carbocycles. The normalized spacial score (nSPS) is 10.4. The topological polar surface area (TPSA) is 70.8 Å². The molecule has 0 spiro atoms. The number of nitrogens with one attached hydrogen (secondary N) is 1. The Morgan fingerprint density at radius 3 is 3.00 bits per heavy atom. The summed E-state index contributed by atoms with van der Waals surface area (Å²) in [5.41, 5.74) is 1.08. The van der Waals surface area contributed by atoms with E-state index < -0.39 is 0 Å². The van der Waals surface area contributed by atoms with Gasteiger partial charge in [-0.3, -0.25) is 0 Å². The van der Waals surface area contributed by atoms with E-state index in [2.05, 4.69) is 29.4 Å². The summed E-state index contributed by atoms with van der Waals surface area (Å²) in [5, 5.41) is 22.0. The molecule has 0 amide bonds. The van der Waals surface area contributed by atoms with Crippen molar-refractivity contribution in [2.75, 3.05) is 11.9 Å². The number of rotatable bonds is 7. The Morgan fingerprint density at radius 2 is 2.24 bits per heavy atom. The summed E-state index contributed by atoms with van der Waals surface area (Å²) in [7, 11) is 0. The van der Waals surface area contributed by atoms with Gasteiger partial charge in [-0.05, 0) is 23.6 Å². The molecule has 0 aliphatic rings. The van der Waals surface area contributed by atoms with Crippen molar-refractivity contribution in [3.63, 3.8) is 0 Å². The highest BCUT2D eigenvalue weighted by Gasteiger charge is 2.06. The molecule has 1 N–H and O–H groups in total. The summed E-state index contributed by atoms with van der Waals surface area (Å²) in [4.78, 5) is 0. The average Bonchev–Trinajstić information content (AvgIpc) is 2.90. The van der Waals surface area contributed by atoms with Crippen LogP contribution in [0.25, 0.3) is 0 Å². The van der Waals surface area contributed by atoms with E-state index in [0.29, 0.717) is 18.2 Å². The minimum absolute atomic E-state index is 0.0614. The van der Waals surface area contributed by atoms with Crippen LogP contribution in [0.2, 0.25) is 0 Å². The number of nitriles is 1. The van der Waals surface area contributed by atoms with E-state index in [1.165, 1.54) is 0 Å². The zero-order valence-corrected chi connectivity index (χ0v) is 13.0. The van der Waals surface area contributed by atoms with Crippen molar-refractivity contribution in [1.29, 1.82) is 5.26 Å². The molecular formula is C15H18N4OS. The second kappa shape index (κ2) is 7.60. The first-order valence-corrected chi connectivity index (χ1v) is 7.64. The van der Waals surface area contributed by atoms with Crippen molar-refractivity contribution < 1.29 is 4.74 Å². The quantitative estimate of drug-likeness (QED) is 0.850. The molecule has 6 heteroatoms. The molecule has 0 bridgehead atoms.